The maximum atomic E-state index is 12.7. The zero-order valence-electron chi connectivity index (χ0n) is 8.83. The summed E-state index contributed by atoms with van der Waals surface area (Å²) in [6.07, 6.45) is -7.35. The van der Waals surface area contributed by atoms with E-state index in [0.717, 1.165) is 0 Å². The topological polar surface area (TPSA) is 57.9 Å². The summed E-state index contributed by atoms with van der Waals surface area (Å²) in [6.45, 7) is 0. The molecule has 0 bridgehead atoms. The molecule has 0 saturated carbocycles. The van der Waals surface area contributed by atoms with Crippen molar-refractivity contribution in [2.45, 2.75) is 28.5 Å². The number of halogens is 11. The van der Waals surface area contributed by atoms with Crippen LogP contribution in [-0.2, 0) is 9.84 Å². The van der Waals surface area contributed by atoms with Crippen LogP contribution in [-0.4, -0.2) is 36.9 Å². The van der Waals surface area contributed by atoms with Gasteiger partial charge in [0.15, 0.2) is 0 Å². The molecule has 0 aliphatic heterocycles. The van der Waals surface area contributed by atoms with Crippen LogP contribution in [0.2, 0.25) is 0 Å². The fourth-order valence-corrected chi connectivity index (χ4v) is 1.89. The van der Waals surface area contributed by atoms with E-state index < -0.39 is 44.4 Å². The van der Waals surface area contributed by atoms with Crippen LogP contribution in [0, 0.1) is 11.3 Å². The van der Waals surface area contributed by atoms with Crippen LogP contribution in [0.4, 0.5) is 48.3 Å². The van der Waals surface area contributed by atoms with E-state index in [1.165, 1.54) is 0 Å². The van der Waals surface area contributed by atoms with Gasteiger partial charge in [-0.2, -0.15) is 53.6 Å². The molecule has 15 heteroatoms. The summed E-state index contributed by atoms with van der Waals surface area (Å²) in [6, 6.07) is -0.772. The first-order valence-corrected chi connectivity index (χ1v) is 5.53. The average Bonchev–Trinajstić information content (AvgIpc) is 2.26. The first-order valence-electron chi connectivity index (χ1n) is 4.04. The Hall–Kier alpha value is -1.33. The molecule has 0 radical (unpaired) electrons. The Morgan fingerprint density at radius 1 is 0.714 bits per heavy atom. The van der Waals surface area contributed by atoms with Gasteiger partial charge in [0.1, 0.15) is 6.07 Å². The van der Waals surface area contributed by atoms with E-state index in [4.69, 9.17) is 5.26 Å². The molecule has 0 aromatic rings. The molecular weight excluding hydrogens is 359 g/mol. The van der Waals surface area contributed by atoms with Crippen LogP contribution in [0.3, 0.4) is 0 Å². The zero-order chi connectivity index (χ0) is 17.7. The van der Waals surface area contributed by atoms with Gasteiger partial charge in [0.05, 0.1) is 0 Å². The van der Waals surface area contributed by atoms with Gasteiger partial charge in [-0.3, -0.25) is 0 Å². The smallest absolute Gasteiger partial charge is 0.216 e. The van der Waals surface area contributed by atoms with E-state index in [9.17, 15) is 56.7 Å². The van der Waals surface area contributed by atoms with Gasteiger partial charge in [0.25, 0.3) is 9.84 Å². The van der Waals surface area contributed by atoms with E-state index >= 15 is 0 Å². The summed E-state index contributed by atoms with van der Waals surface area (Å²) in [7, 11) is -8.46. The maximum Gasteiger partial charge on any atom is 0.461 e. The van der Waals surface area contributed by atoms with Crippen LogP contribution < -0.4 is 0 Å². The number of sulfone groups is 1. The molecule has 3 nitrogen and oxygen atoms in total. The molecule has 21 heavy (non-hydrogen) atoms. The summed E-state index contributed by atoms with van der Waals surface area (Å²) in [4.78, 5) is 0. The molecule has 0 aliphatic rings. The number of alkyl halides is 11. The van der Waals surface area contributed by atoms with E-state index in [2.05, 4.69) is 0 Å². The van der Waals surface area contributed by atoms with Crippen molar-refractivity contribution in [2.75, 3.05) is 0 Å². The van der Waals surface area contributed by atoms with Crippen LogP contribution in [0.15, 0.2) is 0 Å². The molecule has 0 aromatic carbocycles. The predicted molar refractivity (Wildman–Crippen MR) is 40.4 cm³/mol. The van der Waals surface area contributed by atoms with Gasteiger partial charge in [-0.1, -0.05) is 0 Å². The fourth-order valence-electron chi connectivity index (χ4n) is 0.729. The number of hydrogen-bond acceptors (Lipinski definition) is 3. The Morgan fingerprint density at radius 2 is 1.05 bits per heavy atom. The predicted octanol–water partition coefficient (Wildman–Crippen LogP) is 2.94. The molecule has 0 rings (SSSR count). The van der Waals surface area contributed by atoms with Gasteiger partial charge in [0, 0.05) is 0 Å². The highest BCUT2D eigenvalue weighted by atomic mass is 32.2. The molecule has 0 unspecified atom stereocenters. The summed E-state index contributed by atoms with van der Waals surface area (Å²) in [5.74, 6) is -14.1. The first kappa shape index (κ1) is 19.7. The van der Waals surface area contributed by atoms with Crippen molar-refractivity contribution < 1.29 is 56.7 Å². The minimum absolute atomic E-state index is 0.772. The lowest BCUT2D eigenvalue weighted by Gasteiger charge is -2.31. The first-order chi connectivity index (χ1) is 8.81. The Morgan fingerprint density at radius 3 is 1.29 bits per heavy atom. The molecule has 0 aromatic heterocycles. The number of nitriles is 1. The molecular formula is C6F11NO2S. The van der Waals surface area contributed by atoms with Gasteiger partial charge < -0.3 is 0 Å². The molecule has 0 amide bonds. The highest BCUT2D eigenvalue weighted by molar-refractivity contribution is 7.93. The van der Waals surface area contributed by atoms with Gasteiger partial charge >= 0.3 is 28.5 Å². The number of rotatable bonds is 4. The summed E-state index contributed by atoms with van der Waals surface area (Å²) < 4.78 is 156. The zero-order valence-corrected chi connectivity index (χ0v) is 9.65. The quantitative estimate of drug-likeness (QED) is 0.726. The van der Waals surface area contributed by atoms with E-state index in [1.807, 2.05) is 0 Å². The second-order valence-corrected chi connectivity index (χ2v) is 5.33. The van der Waals surface area contributed by atoms with Crippen LogP contribution >= 0.6 is 0 Å². The summed E-state index contributed by atoms with van der Waals surface area (Å²) in [5.41, 5.74) is 0. The molecule has 0 spiro atoms. The van der Waals surface area contributed by atoms with Gasteiger partial charge in [-0.05, 0) is 0 Å². The molecule has 0 aliphatic carbocycles. The van der Waals surface area contributed by atoms with Crippen LogP contribution in [0.1, 0.15) is 0 Å². The molecule has 0 heterocycles. The largest absolute Gasteiger partial charge is 0.461 e. The third-order valence-corrected chi connectivity index (χ3v) is 3.77. The lowest BCUT2D eigenvalue weighted by molar-refractivity contribution is -0.333. The second-order valence-electron chi connectivity index (χ2n) is 3.30. The Labute approximate surface area is 107 Å². The van der Waals surface area contributed by atoms with E-state index in [-0.39, 0.29) is 0 Å². The van der Waals surface area contributed by atoms with Crippen molar-refractivity contribution in [3.63, 3.8) is 0 Å². The van der Waals surface area contributed by atoms with Crippen LogP contribution in [0.25, 0.3) is 0 Å². The second kappa shape index (κ2) is 4.58. The SMILES string of the molecule is N#CC(F)(F)C(F)(F)S(=O)(=O)C(F)(F)C(F)(F)C(F)(F)F. The maximum absolute atomic E-state index is 12.7. The van der Waals surface area contributed by atoms with Crippen molar-refractivity contribution in [2.24, 2.45) is 0 Å². The summed E-state index contributed by atoms with van der Waals surface area (Å²) >= 11 is 0. The minimum atomic E-state index is -8.46. The van der Waals surface area contributed by atoms with Gasteiger partial charge in [0.2, 0.25) is 0 Å². The third-order valence-electron chi connectivity index (χ3n) is 1.90. The van der Waals surface area contributed by atoms with Crippen molar-refractivity contribution in [1.29, 1.82) is 5.26 Å². The van der Waals surface area contributed by atoms with E-state index in [1.54, 1.807) is 0 Å². The van der Waals surface area contributed by atoms with Crippen molar-refractivity contribution in [3.8, 4) is 6.07 Å². The lowest BCUT2D eigenvalue weighted by atomic mass is 10.3. The van der Waals surface area contributed by atoms with E-state index in [0.29, 0.717) is 0 Å². The minimum Gasteiger partial charge on any atom is -0.216 e. The monoisotopic (exact) mass is 359 g/mol. The molecule has 0 N–H and O–H groups in total. The summed E-state index contributed by atoms with van der Waals surface area (Å²) in [5, 5.41) is -7.33. The number of hydrogen-bond donors (Lipinski definition) is 0. The fraction of sp³-hybridized carbons (Fsp3) is 0.833. The van der Waals surface area contributed by atoms with Gasteiger partial charge in [-0.25, -0.2) is 8.42 Å². The Kier molecular flexibility index (Phi) is 4.29. The normalized spacial score (nSPS) is 15.7. The number of nitrogens with zero attached hydrogens (tertiary/aromatic N) is 1. The third kappa shape index (κ3) is 2.38. The lowest BCUT2D eigenvalue weighted by Crippen LogP contribution is -2.62. The molecule has 0 fully saturated rings. The highest BCUT2D eigenvalue weighted by Crippen LogP contribution is 2.54. The standard InChI is InChI=1S/C6F11NO2S/c7-2(8,1-18)5(14,15)21(19,20)6(16,17)3(9,10)4(11,12)13. The Balaban J connectivity index is 6.37. The van der Waals surface area contributed by atoms with Crippen molar-refractivity contribution in [3.05, 3.63) is 0 Å². The average molecular weight is 359 g/mol. The van der Waals surface area contributed by atoms with Crippen LogP contribution in [0.5, 0.6) is 0 Å². The van der Waals surface area contributed by atoms with Crippen molar-refractivity contribution in [1.82, 2.24) is 0 Å². The molecule has 0 atom stereocenters. The molecule has 0 saturated heterocycles. The molecule has 124 valence electrons. The Bertz CT molecular complexity index is 554. The van der Waals surface area contributed by atoms with Crippen molar-refractivity contribution >= 4 is 9.84 Å². The highest BCUT2D eigenvalue weighted by Gasteiger charge is 2.85. The van der Waals surface area contributed by atoms with Gasteiger partial charge in [-0.15, -0.1) is 0 Å².